The normalized spacial score (nSPS) is 19.8. The SMILES string of the molecule is CC(c1ccc(CO)c(CCCN)c1)N(C(=O)[C@H]1CN(C(=O)OC(C)(C)C)CCO1)C1CC1. The van der Waals surface area contributed by atoms with Gasteiger partial charge in [0.05, 0.1) is 25.8 Å². The van der Waals surface area contributed by atoms with Crippen molar-refractivity contribution in [2.75, 3.05) is 26.2 Å². The Hall–Kier alpha value is -2.16. The summed E-state index contributed by atoms with van der Waals surface area (Å²) in [6, 6.07) is 6.05. The minimum atomic E-state index is -0.706. The highest BCUT2D eigenvalue weighted by atomic mass is 16.6. The molecule has 1 saturated carbocycles. The Labute approximate surface area is 197 Å². The quantitative estimate of drug-likeness (QED) is 0.617. The van der Waals surface area contributed by atoms with Crippen LogP contribution in [0.4, 0.5) is 4.79 Å². The maximum Gasteiger partial charge on any atom is 0.410 e. The van der Waals surface area contributed by atoms with E-state index in [1.807, 2.05) is 44.7 Å². The number of carbonyl (C=O) groups is 2. The van der Waals surface area contributed by atoms with E-state index in [1.54, 1.807) is 4.90 Å². The van der Waals surface area contributed by atoms with Crippen LogP contribution in [0.1, 0.15) is 69.7 Å². The van der Waals surface area contributed by atoms with Gasteiger partial charge in [0, 0.05) is 12.6 Å². The summed E-state index contributed by atoms with van der Waals surface area (Å²) in [5.41, 5.74) is 8.09. The molecule has 1 saturated heterocycles. The molecule has 1 aliphatic carbocycles. The lowest BCUT2D eigenvalue weighted by atomic mass is 9.96. The van der Waals surface area contributed by atoms with Gasteiger partial charge in [0.25, 0.3) is 5.91 Å². The highest BCUT2D eigenvalue weighted by Crippen LogP contribution is 2.36. The summed E-state index contributed by atoms with van der Waals surface area (Å²) < 4.78 is 11.3. The molecular formula is C25H39N3O5. The van der Waals surface area contributed by atoms with Gasteiger partial charge in [-0.15, -0.1) is 0 Å². The van der Waals surface area contributed by atoms with E-state index in [4.69, 9.17) is 15.2 Å². The zero-order valence-corrected chi connectivity index (χ0v) is 20.4. The van der Waals surface area contributed by atoms with Crippen molar-refractivity contribution >= 4 is 12.0 Å². The van der Waals surface area contributed by atoms with Crippen LogP contribution in [0.5, 0.6) is 0 Å². The summed E-state index contributed by atoms with van der Waals surface area (Å²) in [7, 11) is 0. The third kappa shape index (κ3) is 6.68. The number of aryl methyl sites for hydroxylation is 1. The first-order valence-electron chi connectivity index (χ1n) is 12.0. The number of hydrogen-bond donors (Lipinski definition) is 2. The number of nitrogens with zero attached hydrogens (tertiary/aromatic N) is 2. The van der Waals surface area contributed by atoms with Crippen LogP contribution < -0.4 is 5.73 Å². The Balaban J connectivity index is 1.76. The average molecular weight is 462 g/mol. The van der Waals surface area contributed by atoms with Gasteiger partial charge in [-0.3, -0.25) is 4.79 Å². The van der Waals surface area contributed by atoms with E-state index in [9.17, 15) is 14.7 Å². The van der Waals surface area contributed by atoms with Gasteiger partial charge in [0.2, 0.25) is 0 Å². The third-order valence-corrected chi connectivity index (χ3v) is 6.14. The summed E-state index contributed by atoms with van der Waals surface area (Å²) in [6.07, 6.45) is 2.44. The molecule has 0 bridgehead atoms. The van der Waals surface area contributed by atoms with E-state index in [2.05, 4.69) is 6.07 Å². The van der Waals surface area contributed by atoms with E-state index in [-0.39, 0.29) is 31.1 Å². The van der Waals surface area contributed by atoms with Gasteiger partial charge in [0.15, 0.2) is 6.10 Å². The highest BCUT2D eigenvalue weighted by Gasteiger charge is 2.41. The lowest BCUT2D eigenvalue weighted by molar-refractivity contribution is -0.151. The van der Waals surface area contributed by atoms with Crippen molar-refractivity contribution in [3.05, 3.63) is 34.9 Å². The molecule has 0 aromatic heterocycles. The number of hydrogen-bond acceptors (Lipinski definition) is 6. The standard InChI is InChI=1S/C25H39N3O5/c1-17(18-7-8-20(16-29)19(14-18)6-5-11-26)28(21-9-10-21)23(30)22-15-27(12-13-32-22)24(31)33-25(2,3)4/h7-8,14,17,21-22,29H,5-6,9-13,15-16,26H2,1-4H3/t17?,22-/m1/s1. The monoisotopic (exact) mass is 461 g/mol. The summed E-state index contributed by atoms with van der Waals surface area (Å²) in [6.45, 7) is 8.99. The van der Waals surface area contributed by atoms with Crippen LogP contribution in [0.3, 0.4) is 0 Å². The van der Waals surface area contributed by atoms with Crippen molar-refractivity contribution in [3.8, 4) is 0 Å². The molecule has 0 spiro atoms. The summed E-state index contributed by atoms with van der Waals surface area (Å²) >= 11 is 0. The number of aliphatic hydroxyl groups excluding tert-OH is 1. The lowest BCUT2D eigenvalue weighted by Crippen LogP contribution is -2.54. The van der Waals surface area contributed by atoms with Crippen LogP contribution in [0, 0.1) is 0 Å². The number of ether oxygens (including phenoxy) is 2. The fraction of sp³-hybridized carbons (Fsp3) is 0.680. The van der Waals surface area contributed by atoms with Crippen LogP contribution in [-0.4, -0.2) is 70.9 Å². The van der Waals surface area contributed by atoms with Crippen molar-refractivity contribution in [3.63, 3.8) is 0 Å². The fourth-order valence-electron chi connectivity index (χ4n) is 4.24. The smallest absolute Gasteiger partial charge is 0.410 e. The second kappa shape index (κ2) is 10.8. The molecule has 1 unspecified atom stereocenters. The first-order valence-corrected chi connectivity index (χ1v) is 12.0. The number of nitrogens with two attached hydrogens (primary N) is 1. The summed E-state index contributed by atoms with van der Waals surface area (Å²) in [5.74, 6) is -0.0898. The van der Waals surface area contributed by atoms with Crippen LogP contribution in [-0.2, 0) is 27.3 Å². The lowest BCUT2D eigenvalue weighted by Gasteiger charge is -2.38. The second-order valence-electron chi connectivity index (χ2n) is 10.0. The number of morpholine rings is 1. The van der Waals surface area contributed by atoms with Gasteiger partial charge >= 0.3 is 6.09 Å². The molecule has 0 radical (unpaired) electrons. The van der Waals surface area contributed by atoms with E-state index in [0.29, 0.717) is 19.7 Å². The Morgan fingerprint density at radius 2 is 2.03 bits per heavy atom. The van der Waals surface area contributed by atoms with Crippen molar-refractivity contribution in [1.29, 1.82) is 0 Å². The Morgan fingerprint density at radius 1 is 1.30 bits per heavy atom. The zero-order chi connectivity index (χ0) is 24.2. The van der Waals surface area contributed by atoms with Crippen LogP contribution in [0.15, 0.2) is 18.2 Å². The molecular weight excluding hydrogens is 422 g/mol. The maximum absolute atomic E-state index is 13.6. The van der Waals surface area contributed by atoms with Gasteiger partial charge in [0.1, 0.15) is 5.60 Å². The third-order valence-electron chi connectivity index (χ3n) is 6.14. The summed E-state index contributed by atoms with van der Waals surface area (Å²) in [5, 5.41) is 9.70. The molecule has 3 N–H and O–H groups in total. The molecule has 1 aliphatic heterocycles. The predicted molar refractivity (Wildman–Crippen MR) is 126 cm³/mol. The molecule has 33 heavy (non-hydrogen) atoms. The second-order valence-corrected chi connectivity index (χ2v) is 10.0. The Kier molecular flexibility index (Phi) is 8.37. The van der Waals surface area contributed by atoms with E-state index < -0.39 is 17.8 Å². The van der Waals surface area contributed by atoms with Crippen LogP contribution in [0.2, 0.25) is 0 Å². The van der Waals surface area contributed by atoms with Crippen LogP contribution >= 0.6 is 0 Å². The highest BCUT2D eigenvalue weighted by molar-refractivity contribution is 5.83. The minimum absolute atomic E-state index is 0.0176. The van der Waals surface area contributed by atoms with Gasteiger partial charge in [-0.25, -0.2) is 4.79 Å². The molecule has 1 aromatic carbocycles. The number of carbonyl (C=O) groups excluding carboxylic acids is 2. The van der Waals surface area contributed by atoms with Crippen molar-refractivity contribution in [2.45, 2.75) is 83.8 Å². The molecule has 8 heteroatoms. The first kappa shape index (κ1) is 25.5. The van der Waals surface area contributed by atoms with E-state index in [0.717, 1.165) is 42.4 Å². The number of rotatable bonds is 8. The molecule has 1 aromatic rings. The van der Waals surface area contributed by atoms with E-state index in [1.165, 1.54) is 0 Å². The number of amides is 2. The largest absolute Gasteiger partial charge is 0.444 e. The topological polar surface area (TPSA) is 105 Å². The van der Waals surface area contributed by atoms with Crippen molar-refractivity contribution < 1.29 is 24.2 Å². The Bertz CT molecular complexity index is 834. The fourth-order valence-corrected chi connectivity index (χ4v) is 4.24. The molecule has 8 nitrogen and oxygen atoms in total. The average Bonchev–Trinajstić information content (AvgIpc) is 3.61. The van der Waals surface area contributed by atoms with Crippen molar-refractivity contribution in [1.82, 2.24) is 9.80 Å². The van der Waals surface area contributed by atoms with E-state index >= 15 is 0 Å². The molecule has 184 valence electrons. The molecule has 2 amide bonds. The molecule has 2 atom stereocenters. The predicted octanol–water partition coefficient (Wildman–Crippen LogP) is 2.76. The van der Waals surface area contributed by atoms with Gasteiger partial charge in [-0.05, 0) is 76.6 Å². The summed E-state index contributed by atoms with van der Waals surface area (Å²) in [4.78, 5) is 29.6. The first-order chi connectivity index (χ1) is 15.6. The molecule has 2 fully saturated rings. The zero-order valence-electron chi connectivity index (χ0n) is 20.4. The number of aliphatic hydroxyl groups is 1. The molecule has 1 heterocycles. The van der Waals surface area contributed by atoms with Gasteiger partial charge < -0.3 is 30.1 Å². The maximum atomic E-state index is 13.6. The number of benzene rings is 1. The molecule has 3 rings (SSSR count). The van der Waals surface area contributed by atoms with Crippen molar-refractivity contribution in [2.24, 2.45) is 5.73 Å². The van der Waals surface area contributed by atoms with Gasteiger partial charge in [-0.2, -0.15) is 0 Å². The Morgan fingerprint density at radius 3 is 2.64 bits per heavy atom. The molecule has 2 aliphatic rings. The van der Waals surface area contributed by atoms with Gasteiger partial charge in [-0.1, -0.05) is 18.2 Å². The minimum Gasteiger partial charge on any atom is -0.444 e. The van der Waals surface area contributed by atoms with Crippen LogP contribution in [0.25, 0.3) is 0 Å².